The summed E-state index contributed by atoms with van der Waals surface area (Å²) in [4.78, 5) is 10.7. The summed E-state index contributed by atoms with van der Waals surface area (Å²) in [6.45, 7) is 3.56. The molecule has 0 aromatic rings. The summed E-state index contributed by atoms with van der Waals surface area (Å²) in [7, 11) is 0. The number of carbonyl (C=O) groups excluding carboxylic acids is 1. The van der Waals surface area contributed by atoms with E-state index in [4.69, 9.17) is 9.94 Å². The molecule has 0 saturated heterocycles. The summed E-state index contributed by atoms with van der Waals surface area (Å²) in [6, 6.07) is 0. The number of oxime groups is 1. The third kappa shape index (κ3) is 5.39. The molecule has 0 aromatic heterocycles. The highest BCUT2D eigenvalue weighted by Crippen LogP contribution is 1.91. The van der Waals surface area contributed by atoms with Crippen LogP contribution in [0.5, 0.6) is 0 Å². The molecule has 0 rings (SSSR count). The van der Waals surface area contributed by atoms with Crippen LogP contribution in [0.4, 0.5) is 0 Å². The Morgan fingerprint density at radius 2 is 2.27 bits per heavy atom. The molecule has 0 heterocycles. The van der Waals surface area contributed by atoms with Crippen molar-refractivity contribution in [2.75, 3.05) is 6.61 Å². The number of ether oxygens (including phenoxy) is 1. The fourth-order valence-corrected chi connectivity index (χ4v) is 0.490. The van der Waals surface area contributed by atoms with Gasteiger partial charge in [0.05, 0.1) is 5.71 Å². The zero-order valence-corrected chi connectivity index (χ0v) is 6.83. The third-order valence-corrected chi connectivity index (χ3v) is 1.07. The lowest BCUT2D eigenvalue weighted by molar-refractivity contribution is -0.141. The van der Waals surface area contributed by atoms with Gasteiger partial charge in [0, 0.05) is 6.42 Å². The van der Waals surface area contributed by atoms with Crippen molar-refractivity contribution in [3.8, 4) is 0 Å². The minimum atomic E-state index is -0.254. The fourth-order valence-electron chi connectivity index (χ4n) is 0.490. The van der Waals surface area contributed by atoms with E-state index in [1.54, 1.807) is 6.92 Å². The molecule has 0 aliphatic heterocycles. The molecule has 4 heteroatoms. The van der Waals surface area contributed by atoms with Gasteiger partial charge in [-0.1, -0.05) is 12.1 Å². The second-order valence-corrected chi connectivity index (χ2v) is 2.25. The highest BCUT2D eigenvalue weighted by Gasteiger charge is 2.00. The molecule has 0 spiro atoms. The van der Waals surface area contributed by atoms with Crippen LogP contribution in [0.15, 0.2) is 5.16 Å². The van der Waals surface area contributed by atoms with Crippen molar-refractivity contribution in [2.24, 2.45) is 5.16 Å². The molecule has 0 amide bonds. The van der Waals surface area contributed by atoms with E-state index in [1.165, 1.54) is 0 Å². The SMILES string of the molecule is CCCC(=O)OC/C(C)=N/O. The van der Waals surface area contributed by atoms with Crippen LogP contribution < -0.4 is 0 Å². The highest BCUT2D eigenvalue weighted by molar-refractivity contribution is 5.84. The van der Waals surface area contributed by atoms with Crippen molar-refractivity contribution in [1.82, 2.24) is 0 Å². The van der Waals surface area contributed by atoms with E-state index < -0.39 is 0 Å². The molecule has 0 radical (unpaired) electrons. The molecule has 0 bridgehead atoms. The first-order valence-electron chi connectivity index (χ1n) is 3.53. The predicted octanol–water partition coefficient (Wildman–Crippen LogP) is 1.18. The first-order valence-corrected chi connectivity index (χ1v) is 3.53. The van der Waals surface area contributed by atoms with Gasteiger partial charge in [0.15, 0.2) is 0 Å². The van der Waals surface area contributed by atoms with Crippen LogP contribution in [0, 0.1) is 0 Å². The molecule has 64 valence electrons. The molecular weight excluding hydrogens is 146 g/mol. The molecular formula is C7H13NO3. The highest BCUT2D eigenvalue weighted by atomic mass is 16.5. The summed E-state index contributed by atoms with van der Waals surface area (Å²) < 4.78 is 4.71. The minimum absolute atomic E-state index is 0.0787. The molecule has 11 heavy (non-hydrogen) atoms. The maximum absolute atomic E-state index is 10.7. The zero-order valence-electron chi connectivity index (χ0n) is 6.83. The lowest BCUT2D eigenvalue weighted by Crippen LogP contribution is -2.10. The fraction of sp³-hybridized carbons (Fsp3) is 0.714. The van der Waals surface area contributed by atoms with Gasteiger partial charge in [-0.3, -0.25) is 4.79 Å². The van der Waals surface area contributed by atoms with Crippen molar-refractivity contribution in [3.63, 3.8) is 0 Å². The molecule has 1 N–H and O–H groups in total. The van der Waals surface area contributed by atoms with Crippen molar-refractivity contribution in [3.05, 3.63) is 0 Å². The molecule has 0 saturated carbocycles. The van der Waals surface area contributed by atoms with Crippen LogP contribution in [-0.2, 0) is 9.53 Å². The first kappa shape index (κ1) is 9.94. The molecule has 0 aliphatic carbocycles. The Morgan fingerprint density at radius 1 is 1.64 bits per heavy atom. The smallest absolute Gasteiger partial charge is 0.306 e. The van der Waals surface area contributed by atoms with Gasteiger partial charge in [-0.25, -0.2) is 0 Å². The molecule has 0 aromatic carbocycles. The summed E-state index contributed by atoms with van der Waals surface area (Å²) >= 11 is 0. The van der Waals surface area contributed by atoms with Crippen molar-refractivity contribution in [1.29, 1.82) is 0 Å². The van der Waals surface area contributed by atoms with E-state index >= 15 is 0 Å². The lowest BCUT2D eigenvalue weighted by Gasteiger charge is -2.00. The molecule has 0 atom stereocenters. The number of hydrogen-bond acceptors (Lipinski definition) is 4. The first-order chi connectivity index (χ1) is 5.20. The van der Waals surface area contributed by atoms with E-state index in [1.807, 2.05) is 6.92 Å². The van der Waals surface area contributed by atoms with E-state index in [0.29, 0.717) is 12.1 Å². The van der Waals surface area contributed by atoms with E-state index in [0.717, 1.165) is 6.42 Å². The van der Waals surface area contributed by atoms with E-state index in [-0.39, 0.29) is 12.6 Å². The molecule has 4 nitrogen and oxygen atoms in total. The number of carbonyl (C=O) groups is 1. The van der Waals surface area contributed by atoms with Crippen molar-refractivity contribution >= 4 is 11.7 Å². The maximum atomic E-state index is 10.7. The third-order valence-electron chi connectivity index (χ3n) is 1.07. The van der Waals surface area contributed by atoms with Gasteiger partial charge in [0.2, 0.25) is 0 Å². The Hall–Kier alpha value is -1.06. The quantitative estimate of drug-likeness (QED) is 0.290. The van der Waals surface area contributed by atoms with E-state index in [9.17, 15) is 4.79 Å². The summed E-state index contributed by atoms with van der Waals surface area (Å²) in [5.74, 6) is -0.254. The molecule has 0 unspecified atom stereocenters. The zero-order chi connectivity index (χ0) is 8.69. The van der Waals surface area contributed by atoms with Crippen molar-refractivity contribution < 1.29 is 14.7 Å². The number of rotatable bonds is 4. The Bertz CT molecular complexity index is 154. The Morgan fingerprint density at radius 3 is 2.73 bits per heavy atom. The van der Waals surface area contributed by atoms with Crippen molar-refractivity contribution in [2.45, 2.75) is 26.7 Å². The number of esters is 1. The maximum Gasteiger partial charge on any atom is 0.306 e. The van der Waals surface area contributed by atoms with Gasteiger partial charge >= 0.3 is 5.97 Å². The summed E-state index contributed by atoms with van der Waals surface area (Å²) in [6.07, 6.45) is 1.19. The topological polar surface area (TPSA) is 58.9 Å². The minimum Gasteiger partial charge on any atom is -0.459 e. The van der Waals surface area contributed by atoms with Crippen LogP contribution in [0.2, 0.25) is 0 Å². The number of hydrogen-bond donors (Lipinski definition) is 1. The Kier molecular flexibility index (Phi) is 5.15. The second-order valence-electron chi connectivity index (χ2n) is 2.25. The average molecular weight is 159 g/mol. The number of nitrogens with zero attached hydrogens (tertiary/aromatic N) is 1. The lowest BCUT2D eigenvalue weighted by atomic mass is 10.3. The van der Waals surface area contributed by atoms with Gasteiger partial charge in [0.1, 0.15) is 6.61 Å². The van der Waals surface area contributed by atoms with Gasteiger partial charge < -0.3 is 9.94 Å². The summed E-state index contributed by atoms with van der Waals surface area (Å²) in [5, 5.41) is 11.0. The Balaban J connectivity index is 3.46. The Labute approximate surface area is 65.8 Å². The predicted molar refractivity (Wildman–Crippen MR) is 40.8 cm³/mol. The second kappa shape index (κ2) is 5.70. The van der Waals surface area contributed by atoms with Gasteiger partial charge in [-0.15, -0.1) is 0 Å². The van der Waals surface area contributed by atoms with E-state index in [2.05, 4.69) is 5.16 Å². The van der Waals surface area contributed by atoms with Crippen LogP contribution in [0.1, 0.15) is 26.7 Å². The van der Waals surface area contributed by atoms with Crippen LogP contribution in [0.3, 0.4) is 0 Å². The van der Waals surface area contributed by atoms with Gasteiger partial charge in [-0.2, -0.15) is 0 Å². The van der Waals surface area contributed by atoms with Gasteiger partial charge in [0.25, 0.3) is 0 Å². The van der Waals surface area contributed by atoms with Crippen LogP contribution in [0.25, 0.3) is 0 Å². The molecule has 0 fully saturated rings. The van der Waals surface area contributed by atoms with Crippen LogP contribution >= 0.6 is 0 Å². The standard InChI is InChI=1S/C7H13NO3/c1-3-4-7(9)11-5-6(2)8-10/h10H,3-5H2,1-2H3/b8-6+. The molecule has 0 aliphatic rings. The monoisotopic (exact) mass is 159 g/mol. The largest absolute Gasteiger partial charge is 0.459 e. The summed E-state index contributed by atoms with van der Waals surface area (Å²) in [5.41, 5.74) is 0.398. The average Bonchev–Trinajstić information content (AvgIpc) is 2.01. The van der Waals surface area contributed by atoms with Crippen LogP contribution in [-0.4, -0.2) is 23.5 Å². The van der Waals surface area contributed by atoms with Gasteiger partial charge in [-0.05, 0) is 13.3 Å². The normalized spacial score (nSPS) is 11.3.